The first-order chi connectivity index (χ1) is 15.1. The normalized spacial score (nSPS) is 10.6. The summed E-state index contributed by atoms with van der Waals surface area (Å²) in [5, 5.41) is 17.1. The molecule has 31 heavy (non-hydrogen) atoms. The van der Waals surface area contributed by atoms with E-state index in [0.29, 0.717) is 30.0 Å². The first-order valence-electron chi connectivity index (χ1n) is 10.0. The van der Waals surface area contributed by atoms with Gasteiger partial charge < -0.3 is 9.64 Å². The van der Waals surface area contributed by atoms with Gasteiger partial charge in [-0.3, -0.25) is 9.89 Å². The number of carbonyl (C=O) groups is 1. The fourth-order valence-corrected chi connectivity index (χ4v) is 3.60. The fourth-order valence-electron chi connectivity index (χ4n) is 3.60. The van der Waals surface area contributed by atoms with Crippen LogP contribution in [0.1, 0.15) is 28.4 Å². The summed E-state index contributed by atoms with van der Waals surface area (Å²) in [5.41, 5.74) is 4.91. The monoisotopic (exact) mass is 410 g/mol. The van der Waals surface area contributed by atoms with Crippen LogP contribution in [0.5, 0.6) is 5.75 Å². The van der Waals surface area contributed by atoms with Crippen LogP contribution in [0.4, 0.5) is 0 Å². The zero-order valence-electron chi connectivity index (χ0n) is 17.4. The summed E-state index contributed by atoms with van der Waals surface area (Å²) in [7, 11) is 1.78. The van der Waals surface area contributed by atoms with Crippen molar-refractivity contribution in [2.45, 2.75) is 13.5 Å². The van der Waals surface area contributed by atoms with Crippen molar-refractivity contribution < 1.29 is 9.53 Å². The van der Waals surface area contributed by atoms with E-state index in [9.17, 15) is 4.79 Å². The molecule has 1 amide bonds. The highest BCUT2D eigenvalue weighted by Gasteiger charge is 2.17. The summed E-state index contributed by atoms with van der Waals surface area (Å²) < 4.78 is 5.84. The van der Waals surface area contributed by atoms with Gasteiger partial charge in [0.05, 0.1) is 30.0 Å². The molecule has 0 atom stereocenters. The van der Waals surface area contributed by atoms with Crippen LogP contribution in [0.15, 0.2) is 66.9 Å². The van der Waals surface area contributed by atoms with Crippen LogP contribution in [0.3, 0.4) is 0 Å². The average molecular weight is 410 g/mol. The Morgan fingerprint density at radius 3 is 2.71 bits per heavy atom. The van der Waals surface area contributed by atoms with E-state index in [2.05, 4.69) is 16.3 Å². The van der Waals surface area contributed by atoms with Gasteiger partial charge in [0.25, 0.3) is 5.91 Å². The van der Waals surface area contributed by atoms with E-state index in [1.807, 2.05) is 49.4 Å². The number of carbonyl (C=O) groups excluding carboxylic acids is 1. The predicted octanol–water partition coefficient (Wildman–Crippen LogP) is 4.77. The number of benzene rings is 3. The van der Waals surface area contributed by atoms with E-state index in [-0.39, 0.29) is 5.91 Å². The molecule has 0 saturated carbocycles. The number of hydrogen-bond donors (Lipinski definition) is 1. The molecule has 6 heteroatoms. The maximum atomic E-state index is 13.1. The Kier molecular flexibility index (Phi) is 5.67. The number of ether oxygens (including phenoxy) is 1. The van der Waals surface area contributed by atoms with Crippen molar-refractivity contribution in [3.63, 3.8) is 0 Å². The van der Waals surface area contributed by atoms with Crippen LogP contribution in [-0.4, -0.2) is 34.7 Å². The second-order valence-corrected chi connectivity index (χ2v) is 7.25. The van der Waals surface area contributed by atoms with Crippen molar-refractivity contribution in [3.05, 3.63) is 83.6 Å². The number of nitriles is 1. The number of amides is 1. The molecule has 0 unspecified atom stereocenters. The van der Waals surface area contributed by atoms with Gasteiger partial charge in [-0.05, 0) is 48.4 Å². The van der Waals surface area contributed by atoms with Gasteiger partial charge >= 0.3 is 0 Å². The molecule has 3 aromatic carbocycles. The van der Waals surface area contributed by atoms with Gasteiger partial charge in [0.15, 0.2) is 0 Å². The highest BCUT2D eigenvalue weighted by Crippen LogP contribution is 2.32. The molecule has 1 heterocycles. The van der Waals surface area contributed by atoms with Crippen molar-refractivity contribution in [2.75, 3.05) is 13.7 Å². The first kappa shape index (κ1) is 20.2. The van der Waals surface area contributed by atoms with E-state index < -0.39 is 0 Å². The van der Waals surface area contributed by atoms with Crippen molar-refractivity contribution in [2.24, 2.45) is 0 Å². The summed E-state index contributed by atoms with van der Waals surface area (Å²) in [6.07, 6.45) is 1.77. The molecular weight excluding hydrogens is 388 g/mol. The van der Waals surface area contributed by atoms with Crippen LogP contribution >= 0.6 is 0 Å². The van der Waals surface area contributed by atoms with E-state index in [1.54, 1.807) is 36.3 Å². The third-order valence-corrected chi connectivity index (χ3v) is 5.17. The SMILES string of the molecule is CCOc1cc(C(=O)N(C)Cc2cccc3cn[nH]c23)ccc1-c1ccc(C#N)cc1. The minimum atomic E-state index is -0.0937. The van der Waals surface area contributed by atoms with Gasteiger partial charge in [0, 0.05) is 30.1 Å². The molecule has 154 valence electrons. The molecule has 1 aromatic heterocycles. The maximum absolute atomic E-state index is 13.1. The van der Waals surface area contributed by atoms with E-state index in [4.69, 9.17) is 10.00 Å². The molecule has 6 nitrogen and oxygen atoms in total. The molecule has 0 aliphatic heterocycles. The fraction of sp³-hybridized carbons (Fsp3) is 0.160. The number of nitrogens with one attached hydrogen (secondary N) is 1. The zero-order valence-corrected chi connectivity index (χ0v) is 17.4. The summed E-state index contributed by atoms with van der Waals surface area (Å²) >= 11 is 0. The summed E-state index contributed by atoms with van der Waals surface area (Å²) in [5.74, 6) is 0.547. The number of aromatic nitrogens is 2. The number of nitrogens with zero attached hydrogens (tertiary/aromatic N) is 3. The van der Waals surface area contributed by atoms with E-state index >= 15 is 0 Å². The Labute approximate surface area is 180 Å². The lowest BCUT2D eigenvalue weighted by atomic mass is 10.0. The van der Waals surface area contributed by atoms with Crippen molar-refractivity contribution in [1.82, 2.24) is 15.1 Å². The summed E-state index contributed by atoms with van der Waals surface area (Å²) in [6.45, 7) is 2.85. The highest BCUT2D eigenvalue weighted by molar-refractivity contribution is 5.95. The van der Waals surface area contributed by atoms with Crippen molar-refractivity contribution in [3.8, 4) is 22.9 Å². The molecule has 0 bridgehead atoms. The Hall–Kier alpha value is -4.11. The quantitative estimate of drug-likeness (QED) is 0.496. The molecule has 0 saturated heterocycles. The van der Waals surface area contributed by atoms with Crippen LogP contribution in [0.25, 0.3) is 22.0 Å². The summed E-state index contributed by atoms with van der Waals surface area (Å²) in [4.78, 5) is 14.8. The molecular formula is C25H22N4O2. The highest BCUT2D eigenvalue weighted by atomic mass is 16.5. The van der Waals surface area contributed by atoms with Gasteiger partial charge in [0.2, 0.25) is 0 Å². The lowest BCUT2D eigenvalue weighted by Crippen LogP contribution is -2.26. The number of H-pyrrole nitrogens is 1. The number of fused-ring (bicyclic) bond motifs is 1. The smallest absolute Gasteiger partial charge is 0.254 e. The second-order valence-electron chi connectivity index (χ2n) is 7.25. The topological polar surface area (TPSA) is 82.0 Å². The second kappa shape index (κ2) is 8.72. The average Bonchev–Trinajstić information content (AvgIpc) is 3.29. The molecule has 0 spiro atoms. The molecule has 4 rings (SSSR count). The van der Waals surface area contributed by atoms with Crippen LogP contribution < -0.4 is 4.74 Å². The molecule has 0 aliphatic rings. The van der Waals surface area contributed by atoms with Crippen LogP contribution in [-0.2, 0) is 6.54 Å². The summed E-state index contributed by atoms with van der Waals surface area (Å²) in [6, 6.07) is 20.9. The van der Waals surface area contributed by atoms with Gasteiger partial charge in [-0.15, -0.1) is 0 Å². The Morgan fingerprint density at radius 2 is 1.97 bits per heavy atom. The molecule has 0 fully saturated rings. The molecule has 4 aromatic rings. The number of para-hydroxylation sites is 1. The largest absolute Gasteiger partial charge is 0.493 e. The van der Waals surface area contributed by atoms with E-state index in [0.717, 1.165) is 27.6 Å². The Bertz CT molecular complexity index is 1270. The number of rotatable bonds is 6. The van der Waals surface area contributed by atoms with E-state index in [1.165, 1.54) is 0 Å². The van der Waals surface area contributed by atoms with Crippen LogP contribution in [0, 0.1) is 11.3 Å². The molecule has 1 N–H and O–H groups in total. The number of hydrogen-bond acceptors (Lipinski definition) is 4. The van der Waals surface area contributed by atoms with Crippen molar-refractivity contribution in [1.29, 1.82) is 5.26 Å². The Balaban J connectivity index is 1.61. The molecule has 0 radical (unpaired) electrons. The Morgan fingerprint density at radius 1 is 1.16 bits per heavy atom. The molecule has 0 aliphatic carbocycles. The van der Waals surface area contributed by atoms with Crippen molar-refractivity contribution >= 4 is 16.8 Å². The minimum absolute atomic E-state index is 0.0937. The van der Waals surface area contributed by atoms with Gasteiger partial charge in [-0.25, -0.2) is 0 Å². The lowest BCUT2D eigenvalue weighted by Gasteiger charge is -2.19. The standard InChI is InChI=1S/C25H22N4O2/c1-3-31-23-13-19(11-12-22(23)18-9-7-17(14-26)8-10-18)25(30)29(2)16-21-6-4-5-20-15-27-28-24(20)21/h4-13,15H,3,16H2,1-2H3,(H,27,28). The lowest BCUT2D eigenvalue weighted by molar-refractivity contribution is 0.0785. The maximum Gasteiger partial charge on any atom is 0.254 e. The van der Waals surface area contributed by atoms with Gasteiger partial charge in [0.1, 0.15) is 5.75 Å². The van der Waals surface area contributed by atoms with Gasteiger partial charge in [-0.1, -0.05) is 30.3 Å². The third-order valence-electron chi connectivity index (χ3n) is 5.17. The van der Waals surface area contributed by atoms with Gasteiger partial charge in [-0.2, -0.15) is 10.4 Å². The zero-order chi connectivity index (χ0) is 21.8. The number of aromatic amines is 1. The van der Waals surface area contributed by atoms with Crippen LogP contribution in [0.2, 0.25) is 0 Å². The minimum Gasteiger partial charge on any atom is -0.493 e. The third kappa shape index (κ3) is 4.12. The first-order valence-corrected chi connectivity index (χ1v) is 10.0. The predicted molar refractivity (Wildman–Crippen MR) is 120 cm³/mol.